The van der Waals surface area contributed by atoms with Crippen molar-refractivity contribution in [2.45, 2.75) is 18.9 Å². The topological polar surface area (TPSA) is 97.6 Å². The first-order valence-electron chi connectivity index (χ1n) is 9.24. The minimum Gasteiger partial charge on any atom is -0.497 e. The second-order valence-corrected chi connectivity index (χ2v) is 6.70. The van der Waals surface area contributed by atoms with Crippen molar-refractivity contribution in [3.05, 3.63) is 71.9 Å². The van der Waals surface area contributed by atoms with Crippen molar-refractivity contribution >= 4 is 17.5 Å². The van der Waals surface area contributed by atoms with E-state index in [4.69, 9.17) is 9.26 Å². The van der Waals surface area contributed by atoms with Gasteiger partial charge in [0, 0.05) is 30.1 Å². The summed E-state index contributed by atoms with van der Waals surface area (Å²) in [5.41, 5.74) is 1.36. The summed E-state index contributed by atoms with van der Waals surface area (Å²) >= 11 is 0. The van der Waals surface area contributed by atoms with Crippen LogP contribution in [0.2, 0.25) is 0 Å². The fraction of sp³-hybridized carbons (Fsp3) is 0.238. The maximum absolute atomic E-state index is 12.4. The average molecular weight is 392 g/mol. The fourth-order valence-electron chi connectivity index (χ4n) is 3.25. The van der Waals surface area contributed by atoms with E-state index in [0.717, 1.165) is 11.4 Å². The van der Waals surface area contributed by atoms with Gasteiger partial charge in [0.2, 0.25) is 11.8 Å². The highest BCUT2D eigenvalue weighted by atomic mass is 16.5. The van der Waals surface area contributed by atoms with Gasteiger partial charge in [0.05, 0.1) is 13.7 Å². The predicted molar refractivity (Wildman–Crippen MR) is 105 cm³/mol. The van der Waals surface area contributed by atoms with Gasteiger partial charge in [-0.3, -0.25) is 9.59 Å². The minimum absolute atomic E-state index is 0.00361. The Bertz CT molecular complexity index is 1000. The van der Waals surface area contributed by atoms with Gasteiger partial charge in [-0.1, -0.05) is 23.4 Å². The summed E-state index contributed by atoms with van der Waals surface area (Å²) in [7, 11) is 1.60. The third-order valence-electron chi connectivity index (χ3n) is 4.79. The van der Waals surface area contributed by atoms with E-state index in [0.29, 0.717) is 30.2 Å². The van der Waals surface area contributed by atoms with Gasteiger partial charge < -0.3 is 19.5 Å². The maximum Gasteiger partial charge on any atom is 0.251 e. The molecule has 1 N–H and O–H groups in total. The van der Waals surface area contributed by atoms with Crippen LogP contribution in [0.25, 0.3) is 0 Å². The van der Waals surface area contributed by atoms with Crippen molar-refractivity contribution in [3.63, 3.8) is 0 Å². The number of hydrogen-bond donors (Lipinski definition) is 1. The first-order valence-corrected chi connectivity index (χ1v) is 9.24. The van der Waals surface area contributed by atoms with Crippen LogP contribution in [0.3, 0.4) is 0 Å². The van der Waals surface area contributed by atoms with Crippen molar-refractivity contribution in [2.24, 2.45) is 0 Å². The van der Waals surface area contributed by atoms with E-state index >= 15 is 0 Å². The molecule has 8 heteroatoms. The Morgan fingerprint density at radius 3 is 2.69 bits per heavy atom. The molecule has 3 aromatic rings. The summed E-state index contributed by atoms with van der Waals surface area (Å²) in [4.78, 5) is 30.6. The van der Waals surface area contributed by atoms with E-state index in [1.807, 2.05) is 30.3 Å². The number of methoxy groups -OCH3 is 1. The van der Waals surface area contributed by atoms with E-state index in [1.54, 1.807) is 36.3 Å². The molecule has 4 rings (SSSR count). The number of nitrogens with one attached hydrogen (secondary N) is 1. The molecular formula is C21H20N4O4. The van der Waals surface area contributed by atoms with Crippen LogP contribution in [-0.4, -0.2) is 35.6 Å². The molecular weight excluding hydrogens is 372 g/mol. The number of carbonyl (C=O) groups excluding carboxylic acids is 2. The number of anilines is 1. The molecule has 148 valence electrons. The Labute approximate surface area is 167 Å². The van der Waals surface area contributed by atoms with Gasteiger partial charge in [-0.05, 0) is 36.4 Å². The van der Waals surface area contributed by atoms with Gasteiger partial charge in [0.25, 0.3) is 5.91 Å². The highest BCUT2D eigenvalue weighted by Crippen LogP contribution is 2.31. The van der Waals surface area contributed by atoms with Crippen molar-refractivity contribution < 1.29 is 18.8 Å². The van der Waals surface area contributed by atoms with Crippen LogP contribution in [-0.2, 0) is 11.3 Å². The molecule has 1 aliphatic heterocycles. The lowest BCUT2D eigenvalue weighted by molar-refractivity contribution is -0.117. The number of aromatic nitrogens is 2. The molecule has 1 atom stereocenters. The number of hydrogen-bond acceptors (Lipinski definition) is 6. The van der Waals surface area contributed by atoms with Crippen LogP contribution in [0.15, 0.2) is 59.1 Å². The Morgan fingerprint density at radius 1 is 1.21 bits per heavy atom. The third-order valence-corrected chi connectivity index (χ3v) is 4.79. The summed E-state index contributed by atoms with van der Waals surface area (Å²) in [6.07, 6.45) is 0.307. The number of nitrogens with zero attached hydrogens (tertiary/aromatic N) is 3. The largest absolute Gasteiger partial charge is 0.497 e. The fourth-order valence-corrected chi connectivity index (χ4v) is 3.25. The van der Waals surface area contributed by atoms with Crippen molar-refractivity contribution in [2.75, 3.05) is 18.6 Å². The zero-order valence-electron chi connectivity index (χ0n) is 15.9. The van der Waals surface area contributed by atoms with E-state index in [-0.39, 0.29) is 24.3 Å². The van der Waals surface area contributed by atoms with E-state index in [2.05, 4.69) is 15.5 Å². The van der Waals surface area contributed by atoms with Crippen LogP contribution in [0, 0.1) is 0 Å². The lowest BCUT2D eigenvalue weighted by Gasteiger charge is -2.16. The average Bonchev–Trinajstić information content (AvgIpc) is 3.39. The van der Waals surface area contributed by atoms with E-state index in [9.17, 15) is 9.59 Å². The SMILES string of the molecule is COc1ccc(N2CC(c3noc(CNC(=O)c4ccccc4)n3)CC2=O)cc1. The molecule has 0 bridgehead atoms. The van der Waals surface area contributed by atoms with Crippen LogP contribution in [0.4, 0.5) is 5.69 Å². The molecule has 0 spiro atoms. The highest BCUT2D eigenvalue weighted by molar-refractivity contribution is 5.96. The molecule has 1 aromatic heterocycles. The Kier molecular flexibility index (Phi) is 5.24. The van der Waals surface area contributed by atoms with Gasteiger partial charge in [-0.2, -0.15) is 4.98 Å². The number of ether oxygens (including phenoxy) is 1. The van der Waals surface area contributed by atoms with Gasteiger partial charge >= 0.3 is 0 Å². The van der Waals surface area contributed by atoms with Gasteiger partial charge in [0.15, 0.2) is 5.82 Å². The predicted octanol–water partition coefficient (Wildman–Crippen LogP) is 2.53. The van der Waals surface area contributed by atoms with Gasteiger partial charge in [-0.15, -0.1) is 0 Å². The first-order chi connectivity index (χ1) is 14.1. The monoisotopic (exact) mass is 392 g/mol. The molecule has 1 saturated heterocycles. The molecule has 0 aliphatic carbocycles. The van der Waals surface area contributed by atoms with Crippen molar-refractivity contribution in [1.82, 2.24) is 15.5 Å². The molecule has 2 aromatic carbocycles. The molecule has 0 saturated carbocycles. The summed E-state index contributed by atoms with van der Waals surface area (Å²) in [5, 5.41) is 6.75. The molecule has 29 heavy (non-hydrogen) atoms. The highest BCUT2D eigenvalue weighted by Gasteiger charge is 2.34. The standard InChI is InChI=1S/C21H20N4O4/c1-28-17-9-7-16(8-10-17)25-13-15(11-19(25)26)20-23-18(29-24-20)12-22-21(27)14-5-3-2-4-6-14/h2-10,15H,11-13H2,1H3,(H,22,27). The van der Waals surface area contributed by atoms with Crippen LogP contribution < -0.4 is 15.0 Å². The number of carbonyl (C=O) groups is 2. The third kappa shape index (κ3) is 4.11. The summed E-state index contributed by atoms with van der Waals surface area (Å²) in [6, 6.07) is 16.2. The lowest BCUT2D eigenvalue weighted by Crippen LogP contribution is -2.24. The Balaban J connectivity index is 1.38. The van der Waals surface area contributed by atoms with Crippen molar-refractivity contribution in [3.8, 4) is 5.75 Å². The van der Waals surface area contributed by atoms with Crippen molar-refractivity contribution in [1.29, 1.82) is 0 Å². The second-order valence-electron chi connectivity index (χ2n) is 6.70. The molecule has 2 heterocycles. The van der Waals surface area contributed by atoms with Gasteiger partial charge in [-0.25, -0.2) is 0 Å². The molecule has 1 fully saturated rings. The molecule has 2 amide bonds. The quantitative estimate of drug-likeness (QED) is 0.692. The molecule has 8 nitrogen and oxygen atoms in total. The first kappa shape index (κ1) is 18.7. The Hall–Kier alpha value is -3.68. The second kappa shape index (κ2) is 8.14. The normalized spacial score (nSPS) is 16.1. The smallest absolute Gasteiger partial charge is 0.251 e. The summed E-state index contributed by atoms with van der Waals surface area (Å²) < 4.78 is 10.4. The lowest BCUT2D eigenvalue weighted by atomic mass is 10.1. The molecule has 1 aliphatic rings. The van der Waals surface area contributed by atoms with Crippen LogP contribution in [0.5, 0.6) is 5.75 Å². The summed E-state index contributed by atoms with van der Waals surface area (Å²) in [5.74, 6) is 1.14. The molecule has 1 unspecified atom stereocenters. The van der Waals surface area contributed by atoms with Crippen LogP contribution >= 0.6 is 0 Å². The number of benzene rings is 2. The number of rotatable bonds is 6. The number of amides is 2. The zero-order valence-corrected chi connectivity index (χ0v) is 15.9. The zero-order chi connectivity index (χ0) is 20.2. The van der Waals surface area contributed by atoms with Gasteiger partial charge in [0.1, 0.15) is 5.75 Å². The van der Waals surface area contributed by atoms with Crippen LogP contribution in [0.1, 0.15) is 34.4 Å². The maximum atomic E-state index is 12.4. The summed E-state index contributed by atoms with van der Waals surface area (Å²) in [6.45, 7) is 0.601. The van der Waals surface area contributed by atoms with E-state index < -0.39 is 0 Å². The minimum atomic E-state index is -0.216. The Morgan fingerprint density at radius 2 is 1.97 bits per heavy atom. The molecule has 0 radical (unpaired) electrons. The van der Waals surface area contributed by atoms with E-state index in [1.165, 1.54) is 0 Å².